The van der Waals surface area contributed by atoms with Crippen LogP contribution in [0.5, 0.6) is 0 Å². The zero-order valence-corrected chi connectivity index (χ0v) is 16.8. The second-order valence-corrected chi connectivity index (χ2v) is 7.75. The maximum Gasteiger partial charge on any atom is 0.0627 e. The van der Waals surface area contributed by atoms with Gasteiger partial charge in [0, 0.05) is 66.4 Å². The number of nitrogens with zero attached hydrogens (tertiary/aromatic N) is 3. The number of aromatic nitrogens is 2. The molecule has 0 spiro atoms. The molecule has 4 nitrogen and oxygen atoms in total. The standard InChI is InChI=1S/C25H26N4/c1-19-24(22-9-5-6-10-23(22)27-19)25(20-11-13-26-14-12-20)29-17-15-28(16-18-29)21-7-3-2-4-8-21/h2-14,25,27H,15-18H2,1H3. The molecule has 1 atom stereocenters. The van der Waals surface area contributed by atoms with Gasteiger partial charge in [-0.2, -0.15) is 0 Å². The second kappa shape index (κ2) is 7.72. The summed E-state index contributed by atoms with van der Waals surface area (Å²) in [4.78, 5) is 13.0. The van der Waals surface area contributed by atoms with Gasteiger partial charge in [-0.05, 0) is 42.8 Å². The Hall–Kier alpha value is -3.11. The number of H-pyrrole nitrogens is 1. The van der Waals surface area contributed by atoms with Gasteiger partial charge in [0.1, 0.15) is 0 Å². The monoisotopic (exact) mass is 382 g/mol. The Morgan fingerprint density at radius 3 is 2.28 bits per heavy atom. The Morgan fingerprint density at radius 1 is 0.828 bits per heavy atom. The van der Waals surface area contributed by atoms with Crippen molar-refractivity contribution < 1.29 is 0 Å². The van der Waals surface area contributed by atoms with E-state index in [0.29, 0.717) is 0 Å². The third-order valence-corrected chi connectivity index (χ3v) is 6.04. The Kier molecular flexibility index (Phi) is 4.78. The molecule has 1 aliphatic heterocycles. The van der Waals surface area contributed by atoms with Crippen LogP contribution < -0.4 is 4.90 Å². The smallest absolute Gasteiger partial charge is 0.0627 e. The highest BCUT2D eigenvalue weighted by molar-refractivity contribution is 5.85. The van der Waals surface area contributed by atoms with Gasteiger partial charge in [-0.25, -0.2) is 0 Å². The van der Waals surface area contributed by atoms with E-state index in [0.717, 1.165) is 26.2 Å². The van der Waals surface area contributed by atoms with E-state index in [9.17, 15) is 0 Å². The number of fused-ring (bicyclic) bond motifs is 1. The van der Waals surface area contributed by atoms with Gasteiger partial charge in [-0.3, -0.25) is 9.88 Å². The zero-order valence-electron chi connectivity index (χ0n) is 16.8. The molecule has 2 aromatic carbocycles. The summed E-state index contributed by atoms with van der Waals surface area (Å²) >= 11 is 0. The Labute approximate surface area is 171 Å². The second-order valence-electron chi connectivity index (χ2n) is 7.75. The molecule has 0 bridgehead atoms. The van der Waals surface area contributed by atoms with Gasteiger partial charge in [0.2, 0.25) is 0 Å². The van der Waals surface area contributed by atoms with Crippen LogP contribution in [0.3, 0.4) is 0 Å². The third-order valence-electron chi connectivity index (χ3n) is 6.04. The summed E-state index contributed by atoms with van der Waals surface area (Å²) in [7, 11) is 0. The van der Waals surface area contributed by atoms with Crippen LogP contribution in [0.4, 0.5) is 5.69 Å². The van der Waals surface area contributed by atoms with E-state index in [-0.39, 0.29) is 6.04 Å². The molecule has 1 fully saturated rings. The van der Waals surface area contributed by atoms with Crippen LogP contribution in [0.2, 0.25) is 0 Å². The van der Waals surface area contributed by atoms with Crippen molar-refractivity contribution in [2.45, 2.75) is 13.0 Å². The largest absolute Gasteiger partial charge is 0.369 e. The first-order valence-corrected chi connectivity index (χ1v) is 10.3. The summed E-state index contributed by atoms with van der Waals surface area (Å²) < 4.78 is 0. The number of piperazine rings is 1. The first kappa shape index (κ1) is 18.0. The number of pyridine rings is 1. The Bertz CT molecular complexity index is 1080. The number of aromatic amines is 1. The Balaban J connectivity index is 1.50. The number of para-hydroxylation sites is 2. The molecule has 4 heteroatoms. The Morgan fingerprint density at radius 2 is 1.52 bits per heavy atom. The van der Waals surface area contributed by atoms with Gasteiger partial charge in [-0.1, -0.05) is 36.4 Å². The molecule has 2 aromatic heterocycles. The molecule has 1 aliphatic rings. The highest BCUT2D eigenvalue weighted by atomic mass is 15.3. The lowest BCUT2D eigenvalue weighted by Gasteiger charge is -2.40. The molecule has 3 heterocycles. The van der Waals surface area contributed by atoms with Crippen molar-refractivity contribution in [2.75, 3.05) is 31.1 Å². The number of nitrogens with one attached hydrogen (secondary N) is 1. The van der Waals surface area contributed by atoms with E-state index in [2.05, 4.69) is 93.4 Å². The molecule has 4 aromatic rings. The van der Waals surface area contributed by atoms with Crippen molar-refractivity contribution in [1.29, 1.82) is 0 Å². The SMILES string of the molecule is Cc1[nH]c2ccccc2c1C(c1ccncc1)N1CCN(c2ccccc2)CC1. The molecule has 0 amide bonds. The van der Waals surface area contributed by atoms with E-state index in [1.807, 2.05) is 12.4 Å². The minimum absolute atomic E-state index is 0.229. The van der Waals surface area contributed by atoms with Gasteiger partial charge in [0.25, 0.3) is 0 Å². The number of benzene rings is 2. The van der Waals surface area contributed by atoms with Gasteiger partial charge < -0.3 is 9.88 Å². The van der Waals surface area contributed by atoms with E-state index in [1.165, 1.54) is 33.4 Å². The number of hydrogen-bond donors (Lipinski definition) is 1. The molecular formula is C25H26N4. The van der Waals surface area contributed by atoms with Gasteiger partial charge in [-0.15, -0.1) is 0 Å². The third kappa shape index (κ3) is 3.40. The molecule has 1 unspecified atom stereocenters. The van der Waals surface area contributed by atoms with Crippen molar-refractivity contribution in [3.05, 3.63) is 95.9 Å². The van der Waals surface area contributed by atoms with E-state index < -0.39 is 0 Å². The van der Waals surface area contributed by atoms with Gasteiger partial charge in [0.15, 0.2) is 0 Å². The quantitative estimate of drug-likeness (QED) is 0.551. The average molecular weight is 383 g/mol. The van der Waals surface area contributed by atoms with Gasteiger partial charge in [0.05, 0.1) is 6.04 Å². The number of aryl methyl sites for hydroxylation is 1. The summed E-state index contributed by atoms with van der Waals surface area (Å²) in [5.74, 6) is 0. The summed E-state index contributed by atoms with van der Waals surface area (Å²) in [6, 6.07) is 23.9. The molecule has 0 radical (unpaired) electrons. The van der Waals surface area contributed by atoms with Crippen LogP contribution in [0.1, 0.15) is 22.9 Å². The number of hydrogen-bond acceptors (Lipinski definition) is 3. The van der Waals surface area contributed by atoms with Crippen LogP contribution in [0, 0.1) is 6.92 Å². The molecule has 1 saturated heterocycles. The van der Waals surface area contributed by atoms with Crippen molar-refractivity contribution >= 4 is 16.6 Å². The maximum atomic E-state index is 4.26. The van der Waals surface area contributed by atoms with E-state index in [4.69, 9.17) is 0 Å². The fourth-order valence-electron chi connectivity index (χ4n) is 4.63. The maximum absolute atomic E-state index is 4.26. The molecule has 0 saturated carbocycles. The summed E-state index contributed by atoms with van der Waals surface area (Å²) in [5.41, 5.74) is 6.47. The lowest BCUT2D eigenvalue weighted by Crippen LogP contribution is -2.48. The fourth-order valence-corrected chi connectivity index (χ4v) is 4.63. The minimum atomic E-state index is 0.229. The normalized spacial score (nSPS) is 16.2. The average Bonchev–Trinajstić information content (AvgIpc) is 3.12. The molecule has 29 heavy (non-hydrogen) atoms. The van der Waals surface area contributed by atoms with Crippen LogP contribution in [0.15, 0.2) is 79.1 Å². The summed E-state index contributed by atoms with van der Waals surface area (Å²) in [6.07, 6.45) is 3.82. The first-order chi connectivity index (χ1) is 14.3. The molecular weight excluding hydrogens is 356 g/mol. The topological polar surface area (TPSA) is 35.2 Å². The summed E-state index contributed by atoms with van der Waals surface area (Å²) in [6.45, 7) is 6.32. The van der Waals surface area contributed by atoms with Crippen LogP contribution >= 0.6 is 0 Å². The zero-order chi connectivity index (χ0) is 19.6. The highest BCUT2D eigenvalue weighted by Crippen LogP contribution is 2.36. The minimum Gasteiger partial charge on any atom is -0.369 e. The highest BCUT2D eigenvalue weighted by Gasteiger charge is 2.29. The van der Waals surface area contributed by atoms with Crippen molar-refractivity contribution in [2.24, 2.45) is 0 Å². The van der Waals surface area contributed by atoms with E-state index >= 15 is 0 Å². The van der Waals surface area contributed by atoms with Gasteiger partial charge >= 0.3 is 0 Å². The lowest BCUT2D eigenvalue weighted by molar-refractivity contribution is 0.213. The first-order valence-electron chi connectivity index (χ1n) is 10.3. The molecule has 1 N–H and O–H groups in total. The molecule has 146 valence electrons. The number of rotatable bonds is 4. The van der Waals surface area contributed by atoms with Crippen LogP contribution in [-0.4, -0.2) is 41.0 Å². The summed E-state index contributed by atoms with van der Waals surface area (Å²) in [5, 5.41) is 1.32. The van der Waals surface area contributed by atoms with Crippen LogP contribution in [-0.2, 0) is 0 Å². The number of anilines is 1. The predicted octanol–water partition coefficient (Wildman–Crippen LogP) is 4.78. The molecule has 5 rings (SSSR count). The predicted molar refractivity (Wildman–Crippen MR) is 119 cm³/mol. The van der Waals surface area contributed by atoms with E-state index in [1.54, 1.807) is 0 Å². The van der Waals surface area contributed by atoms with Crippen molar-refractivity contribution in [1.82, 2.24) is 14.9 Å². The van der Waals surface area contributed by atoms with Crippen LogP contribution in [0.25, 0.3) is 10.9 Å². The van der Waals surface area contributed by atoms with Crippen molar-refractivity contribution in [3.63, 3.8) is 0 Å². The molecule has 0 aliphatic carbocycles. The fraction of sp³-hybridized carbons (Fsp3) is 0.240. The lowest BCUT2D eigenvalue weighted by atomic mass is 9.94. The van der Waals surface area contributed by atoms with Crippen molar-refractivity contribution in [3.8, 4) is 0 Å².